The Morgan fingerprint density at radius 2 is 1.77 bits per heavy atom. The lowest BCUT2D eigenvalue weighted by Crippen LogP contribution is -2.57. The summed E-state index contributed by atoms with van der Waals surface area (Å²) in [6.07, 6.45) is 4.29. The Labute approximate surface area is 240 Å². The molecule has 4 fully saturated rings. The molecule has 4 saturated heterocycles. The lowest BCUT2D eigenvalue weighted by Gasteiger charge is -2.47. The summed E-state index contributed by atoms with van der Waals surface area (Å²) in [5.74, 6) is 1.64. The Bertz CT molecular complexity index is 1450. The number of pyridine rings is 1. The molecule has 4 atom stereocenters. The Morgan fingerprint density at radius 1 is 1.10 bits per heavy atom. The van der Waals surface area contributed by atoms with E-state index in [0.717, 1.165) is 11.8 Å². The fourth-order valence-corrected chi connectivity index (χ4v) is 6.02. The molecule has 0 saturated carbocycles. The van der Waals surface area contributed by atoms with Gasteiger partial charge in [-0.25, -0.2) is 15.0 Å². The van der Waals surface area contributed by atoms with Gasteiger partial charge in [0.05, 0.1) is 67.5 Å². The summed E-state index contributed by atoms with van der Waals surface area (Å²) >= 11 is 13.5. The molecule has 1 amide bonds. The second-order valence-electron chi connectivity index (χ2n) is 9.87. The molecule has 0 radical (unpaired) electrons. The number of benzene rings is 1. The summed E-state index contributed by atoms with van der Waals surface area (Å²) in [5, 5.41) is 7.59. The average molecular weight is 587 g/mol. The molecule has 210 valence electrons. The quantitative estimate of drug-likeness (QED) is 0.379. The molecule has 2 bridgehead atoms. The van der Waals surface area contributed by atoms with Crippen molar-refractivity contribution in [3.63, 3.8) is 0 Å². The van der Waals surface area contributed by atoms with E-state index in [0.29, 0.717) is 76.4 Å². The van der Waals surface area contributed by atoms with E-state index in [1.165, 1.54) is 20.3 Å². The van der Waals surface area contributed by atoms with E-state index >= 15 is 0 Å². The average Bonchev–Trinajstić information content (AvgIpc) is 3.38. The number of nitrogens with zero attached hydrogens (tertiary/aromatic N) is 4. The van der Waals surface area contributed by atoms with Gasteiger partial charge in [-0.2, -0.15) is 0 Å². The number of nitrogens with one attached hydrogen (secondary N) is 2. The third kappa shape index (κ3) is 4.87. The van der Waals surface area contributed by atoms with Crippen molar-refractivity contribution in [2.45, 2.75) is 30.7 Å². The predicted octanol–water partition coefficient (Wildman–Crippen LogP) is 3.47. The van der Waals surface area contributed by atoms with Crippen LogP contribution in [0.1, 0.15) is 6.42 Å². The van der Waals surface area contributed by atoms with E-state index in [1.807, 2.05) is 6.07 Å². The first-order chi connectivity index (χ1) is 19.4. The smallest absolute Gasteiger partial charge is 0.243 e. The van der Waals surface area contributed by atoms with Crippen LogP contribution in [0.5, 0.6) is 11.5 Å². The third-order valence-electron chi connectivity index (χ3n) is 7.34. The van der Waals surface area contributed by atoms with Crippen molar-refractivity contribution in [3.05, 3.63) is 41.0 Å². The molecule has 6 heterocycles. The number of anilines is 2. The zero-order valence-electron chi connectivity index (χ0n) is 21.9. The van der Waals surface area contributed by atoms with Crippen molar-refractivity contribution in [1.29, 1.82) is 0 Å². The predicted molar refractivity (Wildman–Crippen MR) is 152 cm³/mol. The van der Waals surface area contributed by atoms with Gasteiger partial charge in [-0.3, -0.25) is 4.79 Å². The molecule has 11 nitrogen and oxygen atoms in total. The minimum Gasteiger partial charge on any atom is -0.495 e. The number of hydrogen-bond donors (Lipinski definition) is 2. The van der Waals surface area contributed by atoms with Crippen LogP contribution in [0.4, 0.5) is 11.8 Å². The highest BCUT2D eigenvalue weighted by Gasteiger charge is 2.40. The number of carbonyl (C=O) groups is 1. The number of ether oxygens (including phenoxy) is 4. The first kappa shape index (κ1) is 26.8. The minimum atomic E-state index is -0.266. The number of hydrogen-bond acceptors (Lipinski definition) is 10. The molecular weight excluding hydrogens is 559 g/mol. The highest BCUT2D eigenvalue weighted by Crippen LogP contribution is 2.46. The molecule has 1 aromatic carbocycles. The first-order valence-corrected chi connectivity index (χ1v) is 13.6. The number of aromatic nitrogens is 3. The number of fused-ring (bicyclic) bond motifs is 3. The van der Waals surface area contributed by atoms with Gasteiger partial charge in [0.25, 0.3) is 0 Å². The normalized spacial score (nSPS) is 23.4. The van der Waals surface area contributed by atoms with Crippen LogP contribution in [-0.2, 0) is 14.3 Å². The largest absolute Gasteiger partial charge is 0.495 e. The maximum absolute atomic E-state index is 11.9. The summed E-state index contributed by atoms with van der Waals surface area (Å²) in [7, 11) is 3.06. The SMILES string of the molecule is C=CC(=O)N[C@H]1COC[C@H]1Nc1ncc2cc(-c3c(Cl)c(OC)cc(OC)c3Cl)nc(N3CC4CC(C3)O4)c2n1. The summed E-state index contributed by atoms with van der Waals surface area (Å²) in [6, 6.07) is 3.03. The minimum absolute atomic E-state index is 0.146. The van der Waals surface area contributed by atoms with E-state index < -0.39 is 0 Å². The molecule has 4 aliphatic heterocycles. The van der Waals surface area contributed by atoms with Crippen LogP contribution in [0, 0.1) is 0 Å². The molecular formula is C27H28Cl2N6O5. The Hall–Kier alpha value is -3.38. The molecule has 7 rings (SSSR count). The number of piperidine rings is 1. The van der Waals surface area contributed by atoms with Gasteiger partial charge >= 0.3 is 0 Å². The van der Waals surface area contributed by atoms with Gasteiger partial charge in [0.15, 0.2) is 5.82 Å². The zero-order chi connectivity index (χ0) is 28.0. The van der Waals surface area contributed by atoms with Crippen LogP contribution < -0.4 is 25.0 Å². The number of amides is 1. The van der Waals surface area contributed by atoms with E-state index in [9.17, 15) is 4.79 Å². The van der Waals surface area contributed by atoms with E-state index in [4.69, 9.17) is 52.1 Å². The first-order valence-electron chi connectivity index (χ1n) is 12.8. The third-order valence-corrected chi connectivity index (χ3v) is 8.09. The summed E-state index contributed by atoms with van der Waals surface area (Å²) in [4.78, 5) is 28.5. The number of methoxy groups -OCH3 is 2. The van der Waals surface area contributed by atoms with Crippen LogP contribution in [0.2, 0.25) is 10.0 Å². The van der Waals surface area contributed by atoms with Crippen LogP contribution in [0.15, 0.2) is 31.0 Å². The Kier molecular flexibility index (Phi) is 7.30. The van der Waals surface area contributed by atoms with Crippen LogP contribution in [-0.4, -0.2) is 85.7 Å². The number of carbonyl (C=O) groups excluding carboxylic acids is 1. The maximum atomic E-state index is 11.9. The molecule has 13 heteroatoms. The van der Waals surface area contributed by atoms with Gasteiger partial charge < -0.3 is 34.5 Å². The molecule has 2 N–H and O–H groups in total. The van der Waals surface area contributed by atoms with Gasteiger partial charge in [0.1, 0.15) is 17.0 Å². The van der Waals surface area contributed by atoms with Crippen molar-refractivity contribution in [2.75, 3.05) is 50.7 Å². The number of halogens is 2. The molecule has 0 spiro atoms. The number of morpholine rings is 1. The molecule has 3 aromatic rings. The van der Waals surface area contributed by atoms with Gasteiger partial charge in [-0.1, -0.05) is 29.8 Å². The van der Waals surface area contributed by atoms with Crippen molar-refractivity contribution < 1.29 is 23.7 Å². The summed E-state index contributed by atoms with van der Waals surface area (Å²) in [5.41, 5.74) is 1.69. The topological polar surface area (TPSA) is 120 Å². The van der Waals surface area contributed by atoms with Crippen LogP contribution in [0.25, 0.3) is 22.2 Å². The molecule has 40 heavy (non-hydrogen) atoms. The fourth-order valence-electron chi connectivity index (χ4n) is 5.33. The Morgan fingerprint density at radius 3 is 2.42 bits per heavy atom. The molecule has 2 unspecified atom stereocenters. The van der Waals surface area contributed by atoms with E-state index in [2.05, 4.69) is 27.1 Å². The summed E-state index contributed by atoms with van der Waals surface area (Å²) < 4.78 is 22.4. The van der Waals surface area contributed by atoms with Gasteiger partial charge in [-0.15, -0.1) is 0 Å². The second-order valence-corrected chi connectivity index (χ2v) is 10.6. The van der Waals surface area contributed by atoms with Gasteiger partial charge in [0.2, 0.25) is 11.9 Å². The maximum Gasteiger partial charge on any atom is 0.243 e. The number of rotatable bonds is 8. The van der Waals surface area contributed by atoms with Crippen LogP contribution in [0.3, 0.4) is 0 Å². The van der Waals surface area contributed by atoms with Crippen LogP contribution >= 0.6 is 23.2 Å². The molecule has 0 aliphatic carbocycles. The van der Waals surface area contributed by atoms with E-state index in [1.54, 1.807) is 12.3 Å². The summed E-state index contributed by atoms with van der Waals surface area (Å²) in [6.45, 7) is 5.66. The van der Waals surface area contributed by atoms with Gasteiger partial charge in [-0.05, 0) is 12.1 Å². The Balaban J connectivity index is 1.43. The lowest BCUT2D eigenvalue weighted by atomic mass is 9.98. The fraction of sp³-hybridized carbons (Fsp3) is 0.407. The molecule has 4 aliphatic rings. The monoisotopic (exact) mass is 586 g/mol. The lowest BCUT2D eigenvalue weighted by molar-refractivity contribution is -0.133. The van der Waals surface area contributed by atoms with Gasteiger partial charge in [0, 0.05) is 42.7 Å². The highest BCUT2D eigenvalue weighted by atomic mass is 35.5. The molecule has 2 aromatic heterocycles. The zero-order valence-corrected chi connectivity index (χ0v) is 23.5. The standard InChI is InChI=1S/C27H28Cl2N6O5/c1-4-21(36)31-17-11-39-12-18(17)33-27-30-8-13-5-16(22-23(28)19(37-2)7-20(38-3)24(22)29)32-26(25(13)34-27)35-9-14-6-15(10-35)40-14/h4-5,7-8,14-15,17-18H,1,6,9-12H2,2-3H3,(H,31,36)(H,30,33,34)/t14?,15?,17-,18+/m0/s1. The highest BCUT2D eigenvalue weighted by molar-refractivity contribution is 6.41. The van der Waals surface area contributed by atoms with Crippen molar-refractivity contribution >= 4 is 51.8 Å². The van der Waals surface area contributed by atoms with E-state index in [-0.39, 0.29) is 30.2 Å². The van der Waals surface area contributed by atoms with Crippen molar-refractivity contribution in [2.24, 2.45) is 0 Å². The second kappa shape index (κ2) is 10.9. The van der Waals surface area contributed by atoms with Crippen molar-refractivity contribution in [1.82, 2.24) is 20.3 Å². The van der Waals surface area contributed by atoms with Crippen molar-refractivity contribution in [3.8, 4) is 22.8 Å².